The van der Waals surface area contributed by atoms with Crippen LogP contribution in [0.15, 0.2) is 0 Å². The topological polar surface area (TPSA) is 35.2 Å². The maximum atomic E-state index is 5.98. The molecule has 64 valence electrons. The molecular weight excluding hydrogens is 138 g/mol. The van der Waals surface area contributed by atoms with E-state index < -0.39 is 0 Å². The minimum atomic E-state index is 0.421. The van der Waals surface area contributed by atoms with E-state index in [1.165, 1.54) is 19.3 Å². The van der Waals surface area contributed by atoms with Gasteiger partial charge in [-0.2, -0.15) is 0 Å². The van der Waals surface area contributed by atoms with Gasteiger partial charge in [0, 0.05) is 12.6 Å². The van der Waals surface area contributed by atoms with E-state index in [1.54, 1.807) is 0 Å². The average Bonchev–Trinajstić information content (AvgIpc) is 2.78. The average molecular weight is 155 g/mol. The van der Waals surface area contributed by atoms with Crippen molar-refractivity contribution >= 4 is 0 Å². The SMILES string of the molecule is NC1CCOCC1CC1CC1. The number of rotatable bonds is 2. The molecule has 1 saturated heterocycles. The van der Waals surface area contributed by atoms with Gasteiger partial charge in [-0.1, -0.05) is 12.8 Å². The minimum Gasteiger partial charge on any atom is -0.381 e. The second-order valence-electron chi connectivity index (χ2n) is 3.97. The molecule has 0 amide bonds. The van der Waals surface area contributed by atoms with Gasteiger partial charge in [-0.05, 0) is 24.7 Å². The number of ether oxygens (including phenoxy) is 1. The van der Waals surface area contributed by atoms with Crippen LogP contribution in [0.3, 0.4) is 0 Å². The highest BCUT2D eigenvalue weighted by Crippen LogP contribution is 2.37. The zero-order valence-electron chi connectivity index (χ0n) is 6.96. The van der Waals surface area contributed by atoms with Crippen LogP contribution in [0.4, 0.5) is 0 Å². The summed E-state index contributed by atoms with van der Waals surface area (Å²) in [5.41, 5.74) is 5.98. The van der Waals surface area contributed by atoms with Gasteiger partial charge >= 0.3 is 0 Å². The number of hydrogen-bond donors (Lipinski definition) is 1. The van der Waals surface area contributed by atoms with E-state index in [4.69, 9.17) is 10.5 Å². The Bertz CT molecular complexity index is 134. The van der Waals surface area contributed by atoms with E-state index in [0.29, 0.717) is 12.0 Å². The molecule has 11 heavy (non-hydrogen) atoms. The highest BCUT2D eigenvalue weighted by Gasteiger charge is 2.30. The van der Waals surface area contributed by atoms with Gasteiger partial charge in [0.25, 0.3) is 0 Å². The zero-order valence-corrected chi connectivity index (χ0v) is 6.96. The van der Waals surface area contributed by atoms with Gasteiger partial charge in [-0.3, -0.25) is 0 Å². The molecule has 2 rings (SSSR count). The Morgan fingerprint density at radius 2 is 2.09 bits per heavy atom. The van der Waals surface area contributed by atoms with E-state index >= 15 is 0 Å². The van der Waals surface area contributed by atoms with Gasteiger partial charge in [0.2, 0.25) is 0 Å². The third kappa shape index (κ3) is 1.94. The fourth-order valence-corrected chi connectivity index (χ4v) is 1.84. The van der Waals surface area contributed by atoms with Gasteiger partial charge in [-0.25, -0.2) is 0 Å². The smallest absolute Gasteiger partial charge is 0.0509 e. The van der Waals surface area contributed by atoms with Crippen LogP contribution in [0.1, 0.15) is 25.7 Å². The van der Waals surface area contributed by atoms with Gasteiger partial charge < -0.3 is 10.5 Å². The van der Waals surface area contributed by atoms with Crippen molar-refractivity contribution in [2.75, 3.05) is 13.2 Å². The first-order valence-corrected chi connectivity index (χ1v) is 4.69. The van der Waals surface area contributed by atoms with E-state index in [0.717, 1.165) is 25.6 Å². The lowest BCUT2D eigenvalue weighted by Gasteiger charge is -2.28. The summed E-state index contributed by atoms with van der Waals surface area (Å²) in [7, 11) is 0. The van der Waals surface area contributed by atoms with Crippen LogP contribution in [0, 0.1) is 11.8 Å². The highest BCUT2D eigenvalue weighted by molar-refractivity contribution is 4.83. The van der Waals surface area contributed by atoms with Crippen molar-refractivity contribution in [3.05, 3.63) is 0 Å². The molecule has 2 atom stereocenters. The summed E-state index contributed by atoms with van der Waals surface area (Å²) in [6, 6.07) is 0.421. The monoisotopic (exact) mass is 155 g/mol. The molecule has 1 saturated carbocycles. The molecule has 0 radical (unpaired) electrons. The minimum absolute atomic E-state index is 0.421. The molecule has 0 aromatic heterocycles. The normalized spacial score (nSPS) is 39.0. The summed E-state index contributed by atoms with van der Waals surface area (Å²) in [4.78, 5) is 0. The van der Waals surface area contributed by atoms with Crippen molar-refractivity contribution in [1.82, 2.24) is 0 Å². The first-order chi connectivity index (χ1) is 5.36. The number of hydrogen-bond acceptors (Lipinski definition) is 2. The zero-order chi connectivity index (χ0) is 7.68. The third-order valence-corrected chi connectivity index (χ3v) is 2.87. The van der Waals surface area contributed by atoms with Crippen LogP contribution in [0.2, 0.25) is 0 Å². The van der Waals surface area contributed by atoms with Crippen molar-refractivity contribution in [3.8, 4) is 0 Å². The fourth-order valence-electron chi connectivity index (χ4n) is 1.84. The molecular formula is C9H17NO. The molecule has 2 heteroatoms. The summed E-state index contributed by atoms with van der Waals surface area (Å²) < 4.78 is 5.40. The van der Waals surface area contributed by atoms with E-state index in [2.05, 4.69) is 0 Å². The molecule has 2 aliphatic rings. The lowest BCUT2D eigenvalue weighted by Crippen LogP contribution is -2.38. The summed E-state index contributed by atoms with van der Waals surface area (Å²) in [5, 5.41) is 0. The van der Waals surface area contributed by atoms with Crippen molar-refractivity contribution in [2.24, 2.45) is 17.6 Å². The summed E-state index contributed by atoms with van der Waals surface area (Å²) in [6.45, 7) is 1.79. The predicted molar refractivity (Wildman–Crippen MR) is 44.2 cm³/mol. The van der Waals surface area contributed by atoms with Crippen molar-refractivity contribution in [2.45, 2.75) is 31.7 Å². The molecule has 0 spiro atoms. The fraction of sp³-hybridized carbons (Fsp3) is 1.00. The molecule has 0 bridgehead atoms. The molecule has 2 fully saturated rings. The lowest BCUT2D eigenvalue weighted by atomic mass is 9.91. The first kappa shape index (κ1) is 7.56. The number of nitrogens with two attached hydrogens (primary N) is 1. The molecule has 1 heterocycles. The highest BCUT2D eigenvalue weighted by atomic mass is 16.5. The van der Waals surface area contributed by atoms with Gasteiger partial charge in [0.15, 0.2) is 0 Å². The largest absolute Gasteiger partial charge is 0.381 e. The Kier molecular flexibility index (Phi) is 2.14. The molecule has 2 nitrogen and oxygen atoms in total. The van der Waals surface area contributed by atoms with Crippen LogP contribution in [-0.4, -0.2) is 19.3 Å². The molecule has 2 unspecified atom stereocenters. The second-order valence-corrected chi connectivity index (χ2v) is 3.97. The molecule has 1 aliphatic carbocycles. The summed E-state index contributed by atoms with van der Waals surface area (Å²) in [6.07, 6.45) is 5.25. The van der Waals surface area contributed by atoms with E-state index in [1.807, 2.05) is 0 Å². The van der Waals surface area contributed by atoms with Gasteiger partial charge in [-0.15, -0.1) is 0 Å². The van der Waals surface area contributed by atoms with Crippen LogP contribution < -0.4 is 5.73 Å². The Labute approximate surface area is 68.1 Å². The van der Waals surface area contributed by atoms with Crippen LogP contribution in [0.5, 0.6) is 0 Å². The maximum Gasteiger partial charge on any atom is 0.0509 e. The van der Waals surface area contributed by atoms with Crippen molar-refractivity contribution in [3.63, 3.8) is 0 Å². The van der Waals surface area contributed by atoms with Crippen molar-refractivity contribution in [1.29, 1.82) is 0 Å². The van der Waals surface area contributed by atoms with Crippen LogP contribution in [-0.2, 0) is 4.74 Å². The lowest BCUT2D eigenvalue weighted by molar-refractivity contribution is 0.0367. The Morgan fingerprint density at radius 3 is 2.73 bits per heavy atom. The standard InChI is InChI=1S/C9H17NO/c10-9-3-4-11-6-8(9)5-7-1-2-7/h7-9H,1-6,10H2. The predicted octanol–water partition coefficient (Wildman–Crippen LogP) is 1.15. The molecule has 0 aromatic rings. The molecule has 1 aliphatic heterocycles. The Hall–Kier alpha value is -0.0800. The first-order valence-electron chi connectivity index (χ1n) is 4.69. The van der Waals surface area contributed by atoms with Gasteiger partial charge in [0.1, 0.15) is 0 Å². The molecule has 0 aromatic carbocycles. The third-order valence-electron chi connectivity index (χ3n) is 2.87. The maximum absolute atomic E-state index is 5.98. The van der Waals surface area contributed by atoms with Crippen LogP contribution in [0.25, 0.3) is 0 Å². The Balaban J connectivity index is 1.78. The second kappa shape index (κ2) is 3.11. The Morgan fingerprint density at radius 1 is 1.27 bits per heavy atom. The van der Waals surface area contributed by atoms with E-state index in [9.17, 15) is 0 Å². The summed E-state index contributed by atoms with van der Waals surface area (Å²) in [5.74, 6) is 1.66. The van der Waals surface area contributed by atoms with Crippen LogP contribution >= 0.6 is 0 Å². The van der Waals surface area contributed by atoms with Gasteiger partial charge in [0.05, 0.1) is 6.61 Å². The van der Waals surface area contributed by atoms with E-state index in [-0.39, 0.29) is 0 Å². The quantitative estimate of drug-likeness (QED) is 0.649. The summed E-state index contributed by atoms with van der Waals surface area (Å²) >= 11 is 0. The molecule has 2 N–H and O–H groups in total. The van der Waals surface area contributed by atoms with Crippen molar-refractivity contribution < 1.29 is 4.74 Å².